The second-order valence-electron chi connectivity index (χ2n) is 4.87. The third kappa shape index (κ3) is 4.11. The van der Waals surface area contributed by atoms with Crippen molar-refractivity contribution in [3.05, 3.63) is 41.4 Å². The number of nitrogens with zero attached hydrogens (tertiary/aromatic N) is 4. The second kappa shape index (κ2) is 6.67. The number of ether oxygens (including phenoxy) is 2. The standard InChI is InChI=1S/C14H8ClF3N4O4/c15-7-3-9(25-6-14(16,17)18)12(19-4-7)26-8-1-2-10-20-11(13(23)24)21-22(10)5-8/h1-5H,6H2,(H,23,24). The summed E-state index contributed by atoms with van der Waals surface area (Å²) in [5.74, 6) is -2.17. The average Bonchev–Trinajstić information content (AvgIpc) is 2.98. The van der Waals surface area contributed by atoms with Crippen molar-refractivity contribution in [2.24, 2.45) is 0 Å². The number of hydrogen-bond donors (Lipinski definition) is 1. The van der Waals surface area contributed by atoms with Gasteiger partial charge in [0.25, 0.3) is 11.7 Å². The summed E-state index contributed by atoms with van der Waals surface area (Å²) >= 11 is 5.72. The van der Waals surface area contributed by atoms with Crippen LogP contribution in [0, 0.1) is 0 Å². The number of aromatic nitrogens is 4. The highest BCUT2D eigenvalue weighted by atomic mass is 35.5. The molecule has 12 heteroatoms. The molecule has 136 valence electrons. The molecule has 0 unspecified atom stereocenters. The molecule has 1 N–H and O–H groups in total. The van der Waals surface area contributed by atoms with E-state index in [0.29, 0.717) is 0 Å². The van der Waals surface area contributed by atoms with Gasteiger partial charge in [0.2, 0.25) is 0 Å². The van der Waals surface area contributed by atoms with Crippen LogP contribution in [0.4, 0.5) is 13.2 Å². The lowest BCUT2D eigenvalue weighted by molar-refractivity contribution is -0.153. The van der Waals surface area contributed by atoms with Crippen LogP contribution in [0.5, 0.6) is 17.4 Å². The quantitative estimate of drug-likeness (QED) is 0.716. The summed E-state index contributed by atoms with van der Waals surface area (Å²) in [4.78, 5) is 18.4. The fourth-order valence-corrected chi connectivity index (χ4v) is 2.02. The summed E-state index contributed by atoms with van der Waals surface area (Å²) in [5, 5.41) is 12.7. The summed E-state index contributed by atoms with van der Waals surface area (Å²) in [5.41, 5.74) is 0.243. The second-order valence-corrected chi connectivity index (χ2v) is 5.31. The minimum Gasteiger partial charge on any atom is -0.478 e. The zero-order valence-corrected chi connectivity index (χ0v) is 13.3. The molecular formula is C14H8ClF3N4O4. The third-order valence-electron chi connectivity index (χ3n) is 2.89. The average molecular weight is 389 g/mol. The van der Waals surface area contributed by atoms with Crippen molar-refractivity contribution in [2.75, 3.05) is 6.61 Å². The molecule has 0 fully saturated rings. The molecule has 0 saturated heterocycles. The van der Waals surface area contributed by atoms with Gasteiger partial charge in [-0.15, -0.1) is 5.10 Å². The summed E-state index contributed by atoms with van der Waals surface area (Å²) in [6, 6.07) is 3.96. The first-order valence-corrected chi connectivity index (χ1v) is 7.22. The maximum absolute atomic E-state index is 12.4. The number of carbonyl (C=O) groups is 1. The van der Waals surface area contributed by atoms with E-state index in [4.69, 9.17) is 21.4 Å². The first kappa shape index (κ1) is 17.7. The molecule has 8 nitrogen and oxygen atoms in total. The molecular weight excluding hydrogens is 381 g/mol. The van der Waals surface area contributed by atoms with Gasteiger partial charge >= 0.3 is 12.1 Å². The molecule has 3 aromatic rings. The first-order chi connectivity index (χ1) is 12.2. The summed E-state index contributed by atoms with van der Waals surface area (Å²) in [6.07, 6.45) is -2.08. The van der Waals surface area contributed by atoms with Crippen LogP contribution < -0.4 is 9.47 Å². The van der Waals surface area contributed by atoms with E-state index in [2.05, 4.69) is 19.8 Å². The van der Waals surface area contributed by atoms with Gasteiger partial charge in [-0.2, -0.15) is 13.2 Å². The fourth-order valence-electron chi connectivity index (χ4n) is 1.87. The van der Waals surface area contributed by atoms with Crippen molar-refractivity contribution >= 4 is 23.2 Å². The summed E-state index contributed by atoms with van der Waals surface area (Å²) in [6.45, 7) is -1.55. The maximum Gasteiger partial charge on any atom is 0.422 e. The fraction of sp³-hybridized carbons (Fsp3) is 0.143. The molecule has 0 aliphatic carbocycles. The van der Waals surface area contributed by atoms with Crippen molar-refractivity contribution in [1.29, 1.82) is 0 Å². The monoisotopic (exact) mass is 388 g/mol. The van der Waals surface area contributed by atoms with Crippen molar-refractivity contribution in [3.8, 4) is 17.4 Å². The highest BCUT2D eigenvalue weighted by molar-refractivity contribution is 6.30. The molecule has 0 bridgehead atoms. The Morgan fingerprint density at radius 2 is 2.12 bits per heavy atom. The van der Waals surface area contributed by atoms with E-state index in [9.17, 15) is 18.0 Å². The molecule has 0 aromatic carbocycles. The van der Waals surface area contributed by atoms with Gasteiger partial charge < -0.3 is 14.6 Å². The molecule has 0 saturated carbocycles. The van der Waals surface area contributed by atoms with Crippen LogP contribution in [0.2, 0.25) is 5.02 Å². The van der Waals surface area contributed by atoms with Gasteiger partial charge in [0.15, 0.2) is 18.0 Å². The van der Waals surface area contributed by atoms with Gasteiger partial charge in [-0.05, 0) is 12.1 Å². The van der Waals surface area contributed by atoms with E-state index >= 15 is 0 Å². The topological polar surface area (TPSA) is 98.8 Å². The molecule has 26 heavy (non-hydrogen) atoms. The number of rotatable bonds is 5. The van der Waals surface area contributed by atoms with Crippen LogP contribution >= 0.6 is 11.6 Å². The number of hydrogen-bond acceptors (Lipinski definition) is 6. The Kier molecular flexibility index (Phi) is 4.55. The number of pyridine rings is 2. The van der Waals surface area contributed by atoms with Crippen molar-refractivity contribution in [3.63, 3.8) is 0 Å². The third-order valence-corrected chi connectivity index (χ3v) is 3.09. The van der Waals surface area contributed by atoms with Crippen LogP contribution in [0.3, 0.4) is 0 Å². The van der Waals surface area contributed by atoms with E-state index in [-0.39, 0.29) is 28.0 Å². The number of halogens is 4. The number of aromatic carboxylic acids is 1. The van der Waals surface area contributed by atoms with Crippen molar-refractivity contribution in [1.82, 2.24) is 19.6 Å². The molecule has 0 aliphatic heterocycles. The van der Waals surface area contributed by atoms with E-state index in [0.717, 1.165) is 10.6 Å². The molecule has 0 aliphatic rings. The van der Waals surface area contributed by atoms with Crippen LogP contribution in [0.25, 0.3) is 5.65 Å². The summed E-state index contributed by atoms with van der Waals surface area (Å²) in [7, 11) is 0. The Labute approximate surface area is 147 Å². The van der Waals surface area contributed by atoms with Gasteiger partial charge in [0, 0.05) is 12.3 Å². The highest BCUT2D eigenvalue weighted by Gasteiger charge is 2.29. The van der Waals surface area contributed by atoms with Crippen LogP contribution in [0.15, 0.2) is 30.6 Å². The largest absolute Gasteiger partial charge is 0.478 e. The smallest absolute Gasteiger partial charge is 0.422 e. The Bertz CT molecular complexity index is 976. The SMILES string of the molecule is O=C(O)c1nc2ccc(Oc3ncc(Cl)cc3OCC(F)(F)F)cn2n1. The zero-order chi connectivity index (χ0) is 18.9. The van der Waals surface area contributed by atoms with Gasteiger partial charge in [-0.25, -0.2) is 19.3 Å². The predicted molar refractivity (Wildman–Crippen MR) is 80.8 cm³/mol. The van der Waals surface area contributed by atoms with Gasteiger partial charge in [0.05, 0.1) is 11.2 Å². The maximum atomic E-state index is 12.4. The minimum absolute atomic E-state index is 0.0624. The first-order valence-electron chi connectivity index (χ1n) is 6.84. The van der Waals surface area contributed by atoms with Crippen LogP contribution in [-0.2, 0) is 0 Å². The van der Waals surface area contributed by atoms with E-state index in [1.165, 1.54) is 24.5 Å². The molecule has 3 rings (SSSR count). The number of carboxylic acid groups (broad SMARTS) is 1. The zero-order valence-electron chi connectivity index (χ0n) is 12.6. The number of fused-ring (bicyclic) bond motifs is 1. The molecule has 0 spiro atoms. The highest BCUT2D eigenvalue weighted by Crippen LogP contribution is 2.32. The minimum atomic E-state index is -4.55. The van der Waals surface area contributed by atoms with E-state index < -0.39 is 24.6 Å². The Morgan fingerprint density at radius 3 is 2.81 bits per heavy atom. The van der Waals surface area contributed by atoms with Crippen LogP contribution in [-0.4, -0.2) is 43.4 Å². The Hall–Kier alpha value is -3.08. The normalized spacial score (nSPS) is 11.5. The molecule has 0 radical (unpaired) electrons. The van der Waals surface area contributed by atoms with Gasteiger partial charge in [0.1, 0.15) is 5.75 Å². The van der Waals surface area contributed by atoms with Gasteiger partial charge in [-0.3, -0.25) is 0 Å². The predicted octanol–water partition coefficient (Wildman–Crippen LogP) is 3.21. The lowest BCUT2D eigenvalue weighted by atomic mass is 10.4. The van der Waals surface area contributed by atoms with Crippen molar-refractivity contribution < 1.29 is 32.5 Å². The molecule has 0 atom stereocenters. The lowest BCUT2D eigenvalue weighted by Gasteiger charge is -2.13. The molecule has 3 heterocycles. The Balaban J connectivity index is 1.88. The van der Waals surface area contributed by atoms with E-state index in [1.54, 1.807) is 0 Å². The number of alkyl halides is 3. The number of carboxylic acids is 1. The van der Waals surface area contributed by atoms with E-state index in [1.807, 2.05) is 0 Å². The van der Waals surface area contributed by atoms with Crippen molar-refractivity contribution in [2.45, 2.75) is 6.18 Å². The Morgan fingerprint density at radius 1 is 1.35 bits per heavy atom. The lowest BCUT2D eigenvalue weighted by Crippen LogP contribution is -2.19. The van der Waals surface area contributed by atoms with Gasteiger partial charge in [-0.1, -0.05) is 11.6 Å². The molecule has 0 amide bonds. The van der Waals surface area contributed by atoms with Crippen LogP contribution in [0.1, 0.15) is 10.6 Å². The summed E-state index contributed by atoms with van der Waals surface area (Å²) < 4.78 is 48.3. The molecule has 3 aromatic heterocycles.